The Bertz CT molecular complexity index is 1270. The minimum atomic E-state index is -1.28. The van der Waals surface area contributed by atoms with Crippen LogP contribution < -0.4 is 24.3 Å². The van der Waals surface area contributed by atoms with Crippen molar-refractivity contribution in [3.05, 3.63) is 47.9 Å². The summed E-state index contributed by atoms with van der Waals surface area (Å²) >= 11 is 0. The predicted octanol–water partition coefficient (Wildman–Crippen LogP) is 2.49. The lowest BCUT2D eigenvalue weighted by molar-refractivity contribution is -0.131. The molecular formula is C23H22N4O7. The number of hydrogen-bond acceptors (Lipinski definition) is 9. The lowest BCUT2D eigenvalue weighted by Gasteiger charge is -2.25. The number of ether oxygens (including phenoxy) is 4. The van der Waals surface area contributed by atoms with Gasteiger partial charge in [-0.25, -0.2) is 4.79 Å². The van der Waals surface area contributed by atoms with Crippen LogP contribution in [-0.2, 0) is 16.9 Å². The number of nitrogens with zero attached hydrogens (tertiary/aromatic N) is 3. The van der Waals surface area contributed by atoms with Gasteiger partial charge in [-0.15, -0.1) is 0 Å². The molecule has 1 fully saturated rings. The van der Waals surface area contributed by atoms with Gasteiger partial charge >= 0.3 is 6.03 Å². The smallest absolute Gasteiger partial charge is 0.325 e. The van der Waals surface area contributed by atoms with Crippen molar-refractivity contribution < 1.29 is 33.1 Å². The van der Waals surface area contributed by atoms with Crippen LogP contribution in [0.5, 0.6) is 23.0 Å². The number of hydrogen-bond donors (Lipinski definition) is 1. The van der Waals surface area contributed by atoms with Crippen molar-refractivity contribution in [3.63, 3.8) is 0 Å². The summed E-state index contributed by atoms with van der Waals surface area (Å²) in [4.78, 5) is 31.4. The fourth-order valence-corrected chi connectivity index (χ4v) is 3.94. The van der Waals surface area contributed by atoms with E-state index in [-0.39, 0.29) is 18.3 Å². The third kappa shape index (κ3) is 3.54. The molecule has 1 aromatic heterocycles. The molecule has 1 atom stereocenters. The van der Waals surface area contributed by atoms with Gasteiger partial charge in [-0.2, -0.15) is 4.98 Å². The zero-order valence-corrected chi connectivity index (χ0v) is 18.8. The van der Waals surface area contributed by atoms with Gasteiger partial charge in [0, 0.05) is 5.56 Å². The molecule has 3 heterocycles. The Morgan fingerprint density at radius 2 is 1.79 bits per heavy atom. The van der Waals surface area contributed by atoms with Crippen LogP contribution in [0.4, 0.5) is 4.79 Å². The molecular weight excluding hydrogens is 444 g/mol. The molecule has 11 heteroatoms. The van der Waals surface area contributed by atoms with Crippen LogP contribution in [0.3, 0.4) is 0 Å². The van der Waals surface area contributed by atoms with E-state index in [2.05, 4.69) is 15.5 Å². The number of aromatic nitrogens is 2. The van der Waals surface area contributed by atoms with Crippen LogP contribution in [0, 0.1) is 0 Å². The predicted molar refractivity (Wildman–Crippen MR) is 117 cm³/mol. The molecule has 2 aromatic carbocycles. The highest BCUT2D eigenvalue weighted by Crippen LogP contribution is 2.37. The molecule has 3 amide bonds. The van der Waals surface area contributed by atoms with Crippen molar-refractivity contribution in [1.82, 2.24) is 20.4 Å². The minimum Gasteiger partial charge on any atom is -0.493 e. The first-order valence-electron chi connectivity index (χ1n) is 10.5. The van der Waals surface area contributed by atoms with Crippen LogP contribution in [0.25, 0.3) is 11.4 Å². The molecule has 11 nitrogen and oxygen atoms in total. The molecule has 0 saturated carbocycles. The van der Waals surface area contributed by atoms with Crippen molar-refractivity contribution in [3.8, 4) is 34.4 Å². The summed E-state index contributed by atoms with van der Waals surface area (Å²) in [6.07, 6.45) is 0. The van der Waals surface area contributed by atoms with Crippen LogP contribution in [0.2, 0.25) is 0 Å². The molecule has 1 N–H and O–H groups in total. The average molecular weight is 466 g/mol. The largest absolute Gasteiger partial charge is 0.493 e. The summed E-state index contributed by atoms with van der Waals surface area (Å²) in [5.74, 6) is 2.16. The van der Waals surface area contributed by atoms with Crippen molar-refractivity contribution >= 4 is 11.9 Å². The second-order valence-electron chi connectivity index (χ2n) is 7.89. The molecule has 0 spiro atoms. The number of urea groups is 1. The lowest BCUT2D eigenvalue weighted by Crippen LogP contribution is -2.41. The van der Waals surface area contributed by atoms with E-state index >= 15 is 0 Å². The molecule has 2 aliphatic heterocycles. The zero-order valence-electron chi connectivity index (χ0n) is 18.8. The highest BCUT2D eigenvalue weighted by molar-refractivity contribution is 6.07. The maximum Gasteiger partial charge on any atom is 0.325 e. The van der Waals surface area contributed by atoms with Gasteiger partial charge in [-0.05, 0) is 42.8 Å². The molecule has 1 unspecified atom stereocenters. The molecule has 2 aliphatic rings. The normalized spacial score (nSPS) is 19.2. The van der Waals surface area contributed by atoms with Crippen molar-refractivity contribution in [1.29, 1.82) is 0 Å². The van der Waals surface area contributed by atoms with Gasteiger partial charge in [0.1, 0.15) is 25.3 Å². The Labute approximate surface area is 194 Å². The minimum absolute atomic E-state index is 0.111. The first kappa shape index (κ1) is 21.6. The number of imide groups is 1. The van der Waals surface area contributed by atoms with E-state index in [1.54, 1.807) is 50.4 Å². The molecule has 3 aromatic rings. The van der Waals surface area contributed by atoms with Crippen LogP contribution in [-0.4, -0.2) is 54.4 Å². The van der Waals surface area contributed by atoms with Crippen molar-refractivity contribution in [2.24, 2.45) is 0 Å². The van der Waals surface area contributed by atoms with Gasteiger partial charge in [-0.3, -0.25) is 9.69 Å². The van der Waals surface area contributed by atoms with Gasteiger partial charge in [0.2, 0.25) is 11.7 Å². The summed E-state index contributed by atoms with van der Waals surface area (Å²) in [7, 11) is 3.07. The monoisotopic (exact) mass is 466 g/mol. The molecule has 1 saturated heterocycles. The number of carbonyl (C=O) groups excluding carboxylic acids is 2. The molecule has 0 aliphatic carbocycles. The van der Waals surface area contributed by atoms with E-state index in [1.807, 2.05) is 0 Å². The number of fused-ring (bicyclic) bond motifs is 1. The Morgan fingerprint density at radius 1 is 1.03 bits per heavy atom. The maximum absolute atomic E-state index is 13.3. The summed E-state index contributed by atoms with van der Waals surface area (Å²) in [6, 6.07) is 9.79. The fraction of sp³-hybridized carbons (Fsp3) is 0.304. The Kier molecular flexibility index (Phi) is 5.23. The van der Waals surface area contributed by atoms with E-state index < -0.39 is 17.5 Å². The molecule has 5 rings (SSSR count). The second-order valence-corrected chi connectivity index (χ2v) is 7.89. The Morgan fingerprint density at radius 3 is 2.56 bits per heavy atom. The summed E-state index contributed by atoms with van der Waals surface area (Å²) < 4.78 is 27.0. The maximum atomic E-state index is 13.3. The standard InChI is InChI=1S/C23H22N4O7/c1-23(14-5-7-16-18(11-14)33-9-8-32-16)21(28)27(22(29)25-23)12-19-24-20(26-34-19)13-4-6-15(30-2)17(10-13)31-3/h4-7,10-11H,8-9,12H2,1-3H3,(H,25,29). The van der Waals surface area contributed by atoms with Crippen LogP contribution in [0.1, 0.15) is 18.4 Å². The number of methoxy groups -OCH3 is 2. The van der Waals surface area contributed by atoms with Crippen molar-refractivity contribution in [2.75, 3.05) is 27.4 Å². The van der Waals surface area contributed by atoms with Crippen LogP contribution in [0.15, 0.2) is 40.9 Å². The summed E-state index contributed by atoms with van der Waals surface area (Å²) in [5.41, 5.74) is -0.0702. The lowest BCUT2D eigenvalue weighted by atomic mass is 9.91. The first-order chi connectivity index (χ1) is 16.4. The average Bonchev–Trinajstić information content (AvgIpc) is 3.42. The van der Waals surface area contributed by atoms with Gasteiger partial charge in [-0.1, -0.05) is 11.2 Å². The molecule has 176 valence electrons. The topological polar surface area (TPSA) is 125 Å². The van der Waals surface area contributed by atoms with E-state index in [0.29, 0.717) is 47.3 Å². The Hall–Kier alpha value is -4.28. The summed E-state index contributed by atoms with van der Waals surface area (Å²) in [6.45, 7) is 2.34. The zero-order chi connectivity index (χ0) is 23.9. The Balaban J connectivity index is 1.36. The third-order valence-electron chi connectivity index (χ3n) is 5.80. The van der Waals surface area contributed by atoms with Gasteiger partial charge < -0.3 is 28.8 Å². The second kappa shape index (κ2) is 8.25. The molecule has 0 radical (unpaired) electrons. The quantitative estimate of drug-likeness (QED) is 0.545. The number of amides is 3. The van der Waals surface area contributed by atoms with Crippen molar-refractivity contribution in [2.45, 2.75) is 19.0 Å². The van der Waals surface area contributed by atoms with Gasteiger partial charge in [0.05, 0.1) is 14.2 Å². The number of carbonyl (C=O) groups is 2. The first-order valence-corrected chi connectivity index (χ1v) is 10.5. The fourth-order valence-electron chi connectivity index (χ4n) is 3.94. The number of rotatable bonds is 6. The van der Waals surface area contributed by atoms with E-state index in [9.17, 15) is 9.59 Å². The SMILES string of the molecule is COc1ccc(-c2noc(CN3C(=O)NC(C)(c4ccc5c(c4)OCCO5)C3=O)n2)cc1OC. The number of benzene rings is 2. The van der Waals surface area contributed by atoms with Gasteiger partial charge in [0.25, 0.3) is 5.91 Å². The van der Waals surface area contributed by atoms with Gasteiger partial charge in [0.15, 0.2) is 23.0 Å². The number of nitrogens with one attached hydrogen (secondary N) is 1. The highest BCUT2D eigenvalue weighted by Gasteiger charge is 2.49. The van der Waals surface area contributed by atoms with Crippen LogP contribution >= 0.6 is 0 Å². The van der Waals surface area contributed by atoms with E-state index in [1.165, 1.54) is 7.11 Å². The molecule has 34 heavy (non-hydrogen) atoms. The third-order valence-corrected chi connectivity index (χ3v) is 5.80. The van der Waals surface area contributed by atoms with E-state index in [0.717, 1.165) is 4.90 Å². The van der Waals surface area contributed by atoms with E-state index in [4.69, 9.17) is 23.5 Å². The molecule has 0 bridgehead atoms. The summed E-state index contributed by atoms with van der Waals surface area (Å²) in [5, 5.41) is 6.73. The highest BCUT2D eigenvalue weighted by atomic mass is 16.6.